The van der Waals surface area contributed by atoms with E-state index in [2.05, 4.69) is 16.0 Å². The van der Waals surface area contributed by atoms with Gasteiger partial charge in [-0.3, -0.25) is 0 Å². The minimum atomic E-state index is 0.434. The topological polar surface area (TPSA) is 50.4 Å². The van der Waals surface area contributed by atoms with Gasteiger partial charge < -0.3 is 11.1 Å². The highest BCUT2D eigenvalue weighted by Gasteiger charge is 2.08. The number of nitrogens with two attached hydrogens (primary N) is 1. The van der Waals surface area contributed by atoms with E-state index in [0.29, 0.717) is 5.96 Å². The van der Waals surface area contributed by atoms with Gasteiger partial charge in [0.05, 0.1) is 5.70 Å². The van der Waals surface area contributed by atoms with Gasteiger partial charge in [-0.05, 0) is 18.2 Å². The number of hydrogen-bond donors (Lipinski definition) is 2. The minimum Gasteiger partial charge on any atom is -0.369 e. The molecule has 2 rings (SSSR count). The SMILES string of the molecule is NC1=NC=C2C=C=CC=C2N1. The van der Waals surface area contributed by atoms with Crippen molar-refractivity contribution in [2.45, 2.75) is 0 Å². The molecule has 0 aromatic carbocycles. The van der Waals surface area contributed by atoms with Crippen LogP contribution in [0.3, 0.4) is 0 Å². The van der Waals surface area contributed by atoms with Gasteiger partial charge in [0.1, 0.15) is 0 Å². The third-order valence-electron chi connectivity index (χ3n) is 1.50. The molecule has 0 atom stereocenters. The molecule has 3 heteroatoms. The van der Waals surface area contributed by atoms with Gasteiger partial charge >= 0.3 is 0 Å². The average molecular weight is 145 g/mol. The molecule has 1 aliphatic heterocycles. The Morgan fingerprint density at radius 1 is 1.55 bits per heavy atom. The van der Waals surface area contributed by atoms with Crippen molar-refractivity contribution in [1.29, 1.82) is 0 Å². The first-order valence-electron chi connectivity index (χ1n) is 3.30. The molecule has 0 bridgehead atoms. The van der Waals surface area contributed by atoms with Crippen LogP contribution in [0, 0.1) is 0 Å². The van der Waals surface area contributed by atoms with E-state index in [0.717, 1.165) is 11.3 Å². The van der Waals surface area contributed by atoms with Crippen LogP contribution in [0.25, 0.3) is 0 Å². The first-order chi connectivity index (χ1) is 5.36. The number of hydrogen-bond acceptors (Lipinski definition) is 3. The molecule has 0 spiro atoms. The van der Waals surface area contributed by atoms with E-state index in [1.807, 2.05) is 18.2 Å². The van der Waals surface area contributed by atoms with Crippen molar-refractivity contribution in [3.05, 3.63) is 41.4 Å². The van der Waals surface area contributed by atoms with Gasteiger partial charge in [0.25, 0.3) is 0 Å². The van der Waals surface area contributed by atoms with Crippen molar-refractivity contribution in [2.75, 3.05) is 0 Å². The summed E-state index contributed by atoms with van der Waals surface area (Å²) in [4.78, 5) is 3.91. The Hall–Kier alpha value is -1.73. The molecule has 54 valence electrons. The standard InChI is InChI=1S/C8H7N3/c9-8-10-5-6-3-1-2-4-7(6)11-8/h2-5H,(H3,9,10,11). The first kappa shape index (κ1) is 6.01. The van der Waals surface area contributed by atoms with Gasteiger partial charge in [-0.25, -0.2) is 4.99 Å². The Balaban J connectivity index is 2.47. The summed E-state index contributed by atoms with van der Waals surface area (Å²) in [6.07, 6.45) is 7.32. The molecule has 3 N–H and O–H groups in total. The fourth-order valence-corrected chi connectivity index (χ4v) is 0.973. The summed E-state index contributed by atoms with van der Waals surface area (Å²) in [7, 11) is 0. The highest BCUT2D eigenvalue weighted by atomic mass is 15.1. The Labute approximate surface area is 64.3 Å². The molecule has 0 amide bonds. The monoisotopic (exact) mass is 145 g/mol. The summed E-state index contributed by atoms with van der Waals surface area (Å²) in [5, 5.41) is 2.94. The maximum atomic E-state index is 5.45. The number of aliphatic imine (C=N–C) groups is 1. The minimum absolute atomic E-state index is 0.434. The lowest BCUT2D eigenvalue weighted by molar-refractivity contribution is 1.08. The van der Waals surface area contributed by atoms with Gasteiger partial charge in [0.15, 0.2) is 5.96 Å². The third kappa shape index (κ3) is 0.974. The number of rotatable bonds is 0. The molecule has 0 radical (unpaired) electrons. The lowest BCUT2D eigenvalue weighted by Crippen LogP contribution is -2.33. The predicted octanol–water partition coefficient (Wildman–Crippen LogP) is 0.397. The van der Waals surface area contributed by atoms with Crippen LogP contribution in [0.2, 0.25) is 0 Å². The third-order valence-corrected chi connectivity index (χ3v) is 1.50. The van der Waals surface area contributed by atoms with Crippen molar-refractivity contribution in [3.63, 3.8) is 0 Å². The summed E-state index contributed by atoms with van der Waals surface area (Å²) in [5.41, 5.74) is 10.4. The van der Waals surface area contributed by atoms with Crippen LogP contribution in [-0.2, 0) is 0 Å². The highest BCUT2D eigenvalue weighted by molar-refractivity contribution is 5.83. The van der Waals surface area contributed by atoms with Crippen LogP contribution in [-0.4, -0.2) is 5.96 Å². The van der Waals surface area contributed by atoms with E-state index in [-0.39, 0.29) is 0 Å². The van der Waals surface area contributed by atoms with Crippen molar-refractivity contribution in [1.82, 2.24) is 5.32 Å². The van der Waals surface area contributed by atoms with Crippen molar-refractivity contribution >= 4 is 5.96 Å². The number of guanidine groups is 1. The smallest absolute Gasteiger partial charge is 0.197 e. The summed E-state index contributed by atoms with van der Waals surface area (Å²) in [6.45, 7) is 0. The maximum absolute atomic E-state index is 5.45. The predicted molar refractivity (Wildman–Crippen MR) is 43.6 cm³/mol. The zero-order valence-electron chi connectivity index (χ0n) is 5.83. The largest absolute Gasteiger partial charge is 0.369 e. The van der Waals surface area contributed by atoms with E-state index in [4.69, 9.17) is 5.73 Å². The van der Waals surface area contributed by atoms with Crippen LogP contribution in [0.5, 0.6) is 0 Å². The van der Waals surface area contributed by atoms with Crippen molar-refractivity contribution in [3.8, 4) is 0 Å². The highest BCUT2D eigenvalue weighted by Crippen LogP contribution is 2.14. The normalized spacial score (nSPS) is 19.5. The molecular formula is C8H7N3. The van der Waals surface area contributed by atoms with Crippen LogP contribution in [0.15, 0.2) is 46.4 Å². The summed E-state index contributed by atoms with van der Waals surface area (Å²) < 4.78 is 0. The second-order valence-corrected chi connectivity index (χ2v) is 2.28. The Bertz CT molecular complexity index is 338. The van der Waals surface area contributed by atoms with E-state index < -0.39 is 0 Å². The van der Waals surface area contributed by atoms with E-state index >= 15 is 0 Å². The first-order valence-corrected chi connectivity index (χ1v) is 3.30. The lowest BCUT2D eigenvalue weighted by atomic mass is 10.1. The Morgan fingerprint density at radius 3 is 3.36 bits per heavy atom. The van der Waals surface area contributed by atoms with Gasteiger partial charge in [-0.15, -0.1) is 5.73 Å². The van der Waals surface area contributed by atoms with Crippen LogP contribution < -0.4 is 11.1 Å². The molecule has 1 heterocycles. The summed E-state index contributed by atoms with van der Waals surface area (Å²) in [5.74, 6) is 0.434. The molecule has 0 saturated carbocycles. The number of fused-ring (bicyclic) bond motifs is 1. The Morgan fingerprint density at radius 2 is 2.45 bits per heavy atom. The molecule has 11 heavy (non-hydrogen) atoms. The van der Waals surface area contributed by atoms with Gasteiger partial charge in [-0.2, -0.15) is 0 Å². The van der Waals surface area contributed by atoms with E-state index in [1.165, 1.54) is 0 Å². The van der Waals surface area contributed by atoms with Crippen LogP contribution >= 0.6 is 0 Å². The molecule has 0 aromatic rings. The average Bonchev–Trinajstić information content (AvgIpc) is 2.04. The second kappa shape index (κ2) is 2.15. The number of nitrogens with one attached hydrogen (secondary N) is 1. The molecule has 0 saturated heterocycles. The molecular weight excluding hydrogens is 138 g/mol. The molecule has 0 aromatic heterocycles. The molecule has 0 fully saturated rings. The lowest BCUT2D eigenvalue weighted by Gasteiger charge is -2.14. The summed E-state index contributed by atoms with van der Waals surface area (Å²) in [6, 6.07) is 0. The molecule has 1 aliphatic carbocycles. The van der Waals surface area contributed by atoms with Crippen molar-refractivity contribution in [2.24, 2.45) is 10.7 Å². The number of allylic oxidation sites excluding steroid dienone is 2. The van der Waals surface area contributed by atoms with Gasteiger partial charge in [0, 0.05) is 11.8 Å². The van der Waals surface area contributed by atoms with E-state index in [9.17, 15) is 0 Å². The second-order valence-electron chi connectivity index (χ2n) is 2.28. The Kier molecular flexibility index (Phi) is 1.17. The fourth-order valence-electron chi connectivity index (χ4n) is 0.973. The van der Waals surface area contributed by atoms with E-state index in [1.54, 1.807) is 6.20 Å². The van der Waals surface area contributed by atoms with Crippen LogP contribution in [0.4, 0.5) is 0 Å². The summed E-state index contributed by atoms with van der Waals surface area (Å²) >= 11 is 0. The molecule has 0 unspecified atom stereocenters. The van der Waals surface area contributed by atoms with Gasteiger partial charge in [-0.1, -0.05) is 0 Å². The number of nitrogens with zero attached hydrogens (tertiary/aromatic N) is 1. The molecule has 3 nitrogen and oxygen atoms in total. The maximum Gasteiger partial charge on any atom is 0.197 e. The fraction of sp³-hybridized carbons (Fsp3) is 0. The molecule has 2 aliphatic rings. The zero-order valence-corrected chi connectivity index (χ0v) is 5.83. The van der Waals surface area contributed by atoms with Gasteiger partial charge in [0.2, 0.25) is 0 Å². The van der Waals surface area contributed by atoms with Crippen LogP contribution in [0.1, 0.15) is 0 Å². The quantitative estimate of drug-likeness (QED) is 0.485. The zero-order chi connectivity index (χ0) is 7.68. The van der Waals surface area contributed by atoms with Crippen molar-refractivity contribution < 1.29 is 0 Å².